The minimum absolute atomic E-state index is 0.00534. The van der Waals surface area contributed by atoms with Gasteiger partial charge >= 0.3 is 0 Å². The van der Waals surface area contributed by atoms with Gasteiger partial charge in [-0.1, -0.05) is 6.07 Å². The number of fused-ring (bicyclic) bond motifs is 1. The monoisotopic (exact) mass is 606 g/mol. The Kier molecular flexibility index (Phi) is 7.57. The molecule has 12 nitrogen and oxygen atoms in total. The van der Waals surface area contributed by atoms with Crippen molar-refractivity contribution in [2.24, 2.45) is 0 Å². The van der Waals surface area contributed by atoms with E-state index >= 15 is 0 Å². The molecule has 1 spiro atoms. The Bertz CT molecular complexity index is 1540. The van der Waals surface area contributed by atoms with E-state index in [2.05, 4.69) is 15.6 Å². The van der Waals surface area contributed by atoms with Crippen LogP contribution in [-0.2, 0) is 35.8 Å². The summed E-state index contributed by atoms with van der Waals surface area (Å²) in [6, 6.07) is 7.92. The fourth-order valence-electron chi connectivity index (χ4n) is 5.70. The number of amides is 1. The number of carbonyl (C=O) groups excluding carboxylic acids is 1. The highest BCUT2D eigenvalue weighted by atomic mass is 32.2. The Balaban J connectivity index is 0.962. The second kappa shape index (κ2) is 10.9. The predicted octanol–water partition coefficient (Wildman–Crippen LogP) is 0.854. The summed E-state index contributed by atoms with van der Waals surface area (Å²) in [5, 5.41) is 16.1. The van der Waals surface area contributed by atoms with Crippen LogP contribution in [0.5, 0.6) is 5.75 Å². The lowest BCUT2D eigenvalue weighted by Gasteiger charge is -2.38. The topological polar surface area (TPSA) is 164 Å². The summed E-state index contributed by atoms with van der Waals surface area (Å²) < 4.78 is 64.7. The molecule has 222 valence electrons. The molecule has 3 N–H and O–H groups in total. The summed E-state index contributed by atoms with van der Waals surface area (Å²) in [4.78, 5) is 16.0. The zero-order valence-electron chi connectivity index (χ0n) is 22.5. The van der Waals surface area contributed by atoms with Gasteiger partial charge in [0.05, 0.1) is 28.8 Å². The maximum Gasteiger partial charge on any atom is 0.244 e. The molecule has 41 heavy (non-hydrogen) atoms. The molecule has 6 rings (SSSR count). The number of benzene rings is 1. The van der Waals surface area contributed by atoms with Gasteiger partial charge in [0.25, 0.3) is 0 Å². The standard InChI is InChI=1S/C27H34N4O8S2/c32-20(17-38-21-2-1-3-23(12-21)40(34,35)22-4-5-22)14-28-19-13-27(39-16-19)6-8-31(9-7-27)41(36,37)24-10-18-11-25(33)30-26(18)29-15-24/h1-3,10,12,15,19-20,22,28,32H,4-9,11,13-14,16-17H2,(H,29,30,33)/t19-,20?/m1/s1. The zero-order valence-corrected chi connectivity index (χ0v) is 24.1. The van der Waals surface area contributed by atoms with E-state index < -0.39 is 31.6 Å². The van der Waals surface area contributed by atoms with Crippen molar-refractivity contribution in [1.29, 1.82) is 0 Å². The lowest BCUT2D eigenvalue weighted by atomic mass is 9.88. The van der Waals surface area contributed by atoms with E-state index in [0.717, 1.165) is 0 Å². The van der Waals surface area contributed by atoms with Gasteiger partial charge in [-0.05, 0) is 56.4 Å². The smallest absolute Gasteiger partial charge is 0.244 e. The molecule has 2 saturated heterocycles. The largest absolute Gasteiger partial charge is 0.491 e. The highest BCUT2D eigenvalue weighted by Crippen LogP contribution is 2.38. The van der Waals surface area contributed by atoms with Gasteiger partial charge in [-0.2, -0.15) is 4.31 Å². The number of nitrogens with one attached hydrogen (secondary N) is 2. The number of hydrogen-bond acceptors (Lipinski definition) is 10. The van der Waals surface area contributed by atoms with Crippen LogP contribution in [-0.4, -0.2) is 93.0 Å². The first-order valence-electron chi connectivity index (χ1n) is 13.9. The number of nitrogens with zero attached hydrogens (tertiary/aromatic N) is 2. The SMILES string of the molecule is O=C1Cc2cc(S(=O)(=O)N3CCC4(CC3)C[C@@H](NCC(O)COc3cccc(S(=O)(=O)C5CC5)c3)CO4)cnc2N1. The number of rotatable bonds is 10. The average Bonchev–Trinajstić information content (AvgIpc) is 3.66. The molecule has 3 fully saturated rings. The molecule has 4 heterocycles. The molecule has 0 radical (unpaired) electrons. The number of aliphatic hydroxyl groups excluding tert-OH is 1. The lowest BCUT2D eigenvalue weighted by molar-refractivity contribution is -0.115. The number of piperidine rings is 1. The van der Waals surface area contributed by atoms with Crippen LogP contribution in [0.4, 0.5) is 5.82 Å². The van der Waals surface area contributed by atoms with Crippen LogP contribution in [0.3, 0.4) is 0 Å². The third-order valence-corrected chi connectivity index (χ3v) is 12.3. The van der Waals surface area contributed by atoms with Gasteiger partial charge in [-0.15, -0.1) is 0 Å². The third kappa shape index (κ3) is 5.99. The second-order valence-corrected chi connectivity index (χ2v) is 15.5. The molecule has 14 heteroatoms. The molecule has 4 aliphatic rings. The van der Waals surface area contributed by atoms with Crippen molar-refractivity contribution < 1.29 is 36.2 Å². The van der Waals surface area contributed by atoms with E-state index in [1.54, 1.807) is 18.2 Å². The lowest BCUT2D eigenvalue weighted by Crippen LogP contribution is -2.47. The van der Waals surface area contributed by atoms with Gasteiger partial charge in [0.15, 0.2) is 9.84 Å². The maximum atomic E-state index is 13.2. The van der Waals surface area contributed by atoms with Crippen LogP contribution in [0.2, 0.25) is 0 Å². The summed E-state index contributed by atoms with van der Waals surface area (Å²) in [7, 11) is -7.06. The van der Waals surface area contributed by atoms with Gasteiger partial charge in [0, 0.05) is 37.4 Å². The van der Waals surface area contributed by atoms with Crippen LogP contribution in [0.15, 0.2) is 46.3 Å². The maximum absolute atomic E-state index is 13.2. The van der Waals surface area contributed by atoms with E-state index in [-0.39, 0.29) is 46.6 Å². The average molecular weight is 607 g/mol. The number of aromatic nitrogens is 1. The molecule has 1 saturated carbocycles. The van der Waals surface area contributed by atoms with Crippen molar-refractivity contribution in [3.8, 4) is 5.75 Å². The molecule has 3 aliphatic heterocycles. The number of pyridine rings is 1. The van der Waals surface area contributed by atoms with Gasteiger partial charge in [0.2, 0.25) is 15.9 Å². The Morgan fingerprint density at radius 3 is 2.71 bits per heavy atom. The number of ether oxygens (including phenoxy) is 2. The number of sulfone groups is 1. The quantitative estimate of drug-likeness (QED) is 0.353. The third-order valence-electron chi connectivity index (χ3n) is 8.21. The highest BCUT2D eigenvalue weighted by Gasteiger charge is 2.45. The van der Waals surface area contributed by atoms with Crippen LogP contribution in [0.1, 0.15) is 37.7 Å². The van der Waals surface area contributed by atoms with Crippen molar-refractivity contribution in [3.05, 3.63) is 42.1 Å². The molecule has 2 aromatic rings. The van der Waals surface area contributed by atoms with Crippen LogP contribution in [0.25, 0.3) is 0 Å². The van der Waals surface area contributed by atoms with E-state index in [9.17, 15) is 26.7 Å². The Morgan fingerprint density at radius 1 is 1.17 bits per heavy atom. The van der Waals surface area contributed by atoms with Gasteiger partial charge < -0.3 is 25.2 Å². The van der Waals surface area contributed by atoms with E-state index in [4.69, 9.17) is 9.47 Å². The fourth-order valence-corrected chi connectivity index (χ4v) is 8.83. The Labute approximate surface area is 239 Å². The summed E-state index contributed by atoms with van der Waals surface area (Å²) in [6.07, 6.45) is 3.78. The Hall–Kier alpha value is -2.62. The first-order valence-corrected chi connectivity index (χ1v) is 16.8. The van der Waals surface area contributed by atoms with Crippen molar-refractivity contribution in [3.63, 3.8) is 0 Å². The predicted molar refractivity (Wildman–Crippen MR) is 148 cm³/mol. The highest BCUT2D eigenvalue weighted by molar-refractivity contribution is 7.92. The van der Waals surface area contributed by atoms with E-state index in [1.807, 2.05) is 0 Å². The molecule has 1 unspecified atom stereocenters. The molecule has 1 aromatic carbocycles. The number of hydrogen-bond donors (Lipinski definition) is 3. The van der Waals surface area contributed by atoms with Crippen LogP contribution >= 0.6 is 0 Å². The van der Waals surface area contributed by atoms with Crippen molar-refractivity contribution >= 4 is 31.6 Å². The number of carbonyl (C=O) groups is 1. The Morgan fingerprint density at radius 2 is 1.95 bits per heavy atom. The van der Waals surface area contributed by atoms with Crippen LogP contribution in [0, 0.1) is 0 Å². The van der Waals surface area contributed by atoms with Crippen LogP contribution < -0.4 is 15.4 Å². The summed E-state index contributed by atoms with van der Waals surface area (Å²) >= 11 is 0. The number of anilines is 1. The molecule has 2 atom stereocenters. The fraction of sp³-hybridized carbons (Fsp3) is 0.556. The number of aliphatic hydroxyl groups is 1. The number of sulfonamides is 1. The van der Waals surface area contributed by atoms with Crippen molar-refractivity contribution in [1.82, 2.24) is 14.6 Å². The molecule has 0 bridgehead atoms. The normalized spacial score (nSPS) is 23.3. The molecule has 1 aromatic heterocycles. The minimum atomic E-state index is -3.74. The van der Waals surface area contributed by atoms with Gasteiger partial charge in [-0.25, -0.2) is 21.8 Å². The van der Waals surface area contributed by atoms with E-state index in [0.29, 0.717) is 68.9 Å². The molecule has 1 aliphatic carbocycles. The van der Waals surface area contributed by atoms with Crippen molar-refractivity contribution in [2.45, 2.75) is 71.3 Å². The summed E-state index contributed by atoms with van der Waals surface area (Å²) in [5.41, 5.74) is 0.158. The molecule has 1 amide bonds. The van der Waals surface area contributed by atoms with Gasteiger partial charge in [0.1, 0.15) is 29.2 Å². The molecular weight excluding hydrogens is 572 g/mol. The summed E-state index contributed by atoms with van der Waals surface area (Å²) in [5.74, 6) is 0.612. The van der Waals surface area contributed by atoms with Crippen molar-refractivity contribution in [2.75, 3.05) is 38.2 Å². The van der Waals surface area contributed by atoms with E-state index in [1.165, 1.54) is 22.6 Å². The minimum Gasteiger partial charge on any atom is -0.491 e. The second-order valence-electron chi connectivity index (χ2n) is 11.3. The first kappa shape index (κ1) is 28.5. The first-order chi connectivity index (χ1) is 19.5. The summed E-state index contributed by atoms with van der Waals surface area (Å²) in [6.45, 7) is 1.36. The van der Waals surface area contributed by atoms with Gasteiger partial charge in [-0.3, -0.25) is 4.79 Å². The molecular formula is C27H34N4O8S2. The zero-order chi connectivity index (χ0) is 28.8.